The number of aliphatic carboxylic acids is 1. The Labute approximate surface area is 97.3 Å². The third-order valence-electron chi connectivity index (χ3n) is 3.48. The van der Waals surface area contributed by atoms with Crippen molar-refractivity contribution in [2.45, 2.75) is 31.1 Å². The SMILES string of the molecule is O=C(O)C1(c2ccc(F)c(O)c2O)CCCC1. The Morgan fingerprint density at radius 2 is 1.76 bits per heavy atom. The predicted molar refractivity (Wildman–Crippen MR) is 57.5 cm³/mol. The molecule has 0 bridgehead atoms. The van der Waals surface area contributed by atoms with Crippen LogP contribution in [0, 0.1) is 5.82 Å². The number of benzene rings is 1. The molecule has 17 heavy (non-hydrogen) atoms. The van der Waals surface area contributed by atoms with E-state index in [9.17, 15) is 24.5 Å². The second-order valence-corrected chi connectivity index (χ2v) is 4.39. The molecule has 0 spiro atoms. The van der Waals surface area contributed by atoms with Gasteiger partial charge < -0.3 is 15.3 Å². The highest BCUT2D eigenvalue weighted by molar-refractivity contribution is 5.83. The van der Waals surface area contributed by atoms with Crippen molar-refractivity contribution in [1.29, 1.82) is 0 Å². The smallest absolute Gasteiger partial charge is 0.314 e. The number of phenols is 2. The van der Waals surface area contributed by atoms with Gasteiger partial charge in [-0.05, 0) is 18.9 Å². The first kappa shape index (κ1) is 11.7. The Bertz CT molecular complexity index is 464. The van der Waals surface area contributed by atoms with E-state index in [0.29, 0.717) is 12.8 Å². The number of halogens is 1. The number of rotatable bonds is 2. The minimum absolute atomic E-state index is 0.0985. The summed E-state index contributed by atoms with van der Waals surface area (Å²) in [5.74, 6) is -3.54. The van der Waals surface area contributed by atoms with Gasteiger partial charge in [0.2, 0.25) is 0 Å². The molecule has 1 aromatic rings. The molecule has 92 valence electrons. The predicted octanol–water partition coefficient (Wildman–Crippen LogP) is 2.13. The Kier molecular flexibility index (Phi) is 2.69. The number of aromatic hydroxyl groups is 2. The first-order valence-corrected chi connectivity index (χ1v) is 5.43. The van der Waals surface area contributed by atoms with Gasteiger partial charge in [-0.15, -0.1) is 0 Å². The van der Waals surface area contributed by atoms with Gasteiger partial charge in [0.1, 0.15) is 0 Å². The molecule has 1 saturated carbocycles. The van der Waals surface area contributed by atoms with Crippen LogP contribution < -0.4 is 0 Å². The van der Waals surface area contributed by atoms with E-state index in [1.807, 2.05) is 0 Å². The molecule has 5 heteroatoms. The van der Waals surface area contributed by atoms with Crippen molar-refractivity contribution in [1.82, 2.24) is 0 Å². The number of hydrogen-bond acceptors (Lipinski definition) is 3. The minimum atomic E-state index is -1.20. The number of carboxylic acid groups (broad SMARTS) is 1. The molecule has 0 aliphatic heterocycles. The van der Waals surface area contributed by atoms with Crippen molar-refractivity contribution in [2.24, 2.45) is 0 Å². The highest BCUT2D eigenvalue weighted by Crippen LogP contribution is 2.47. The monoisotopic (exact) mass is 240 g/mol. The van der Waals surface area contributed by atoms with Gasteiger partial charge in [-0.2, -0.15) is 0 Å². The van der Waals surface area contributed by atoms with Gasteiger partial charge in [-0.25, -0.2) is 4.39 Å². The lowest BCUT2D eigenvalue weighted by molar-refractivity contribution is -0.143. The summed E-state index contributed by atoms with van der Waals surface area (Å²) < 4.78 is 13.0. The zero-order valence-corrected chi connectivity index (χ0v) is 9.11. The van der Waals surface area contributed by atoms with Crippen LogP contribution in [0.1, 0.15) is 31.2 Å². The molecule has 0 amide bonds. The Morgan fingerprint density at radius 1 is 1.18 bits per heavy atom. The summed E-state index contributed by atoms with van der Waals surface area (Å²) in [4.78, 5) is 11.4. The lowest BCUT2D eigenvalue weighted by Crippen LogP contribution is -2.32. The molecule has 0 radical (unpaired) electrons. The van der Waals surface area contributed by atoms with Crippen molar-refractivity contribution in [2.75, 3.05) is 0 Å². The normalized spacial score (nSPS) is 18.2. The molecule has 0 heterocycles. The average molecular weight is 240 g/mol. The van der Waals surface area contributed by atoms with Crippen molar-refractivity contribution < 1.29 is 24.5 Å². The summed E-state index contributed by atoms with van der Waals surface area (Å²) in [6.07, 6.45) is 2.26. The second kappa shape index (κ2) is 3.91. The lowest BCUT2D eigenvalue weighted by atomic mass is 9.78. The zero-order chi connectivity index (χ0) is 12.6. The highest BCUT2D eigenvalue weighted by Gasteiger charge is 2.45. The van der Waals surface area contributed by atoms with Gasteiger partial charge in [0.05, 0.1) is 5.41 Å². The Hall–Kier alpha value is -1.78. The van der Waals surface area contributed by atoms with Crippen molar-refractivity contribution in [3.05, 3.63) is 23.5 Å². The third-order valence-corrected chi connectivity index (χ3v) is 3.48. The number of hydrogen-bond donors (Lipinski definition) is 3. The summed E-state index contributed by atoms with van der Waals surface area (Å²) in [6, 6.07) is 2.22. The quantitative estimate of drug-likeness (QED) is 0.692. The summed E-state index contributed by atoms with van der Waals surface area (Å²) >= 11 is 0. The van der Waals surface area contributed by atoms with Crippen molar-refractivity contribution in [3.8, 4) is 11.5 Å². The van der Waals surface area contributed by atoms with Gasteiger partial charge in [0.15, 0.2) is 17.3 Å². The van der Waals surface area contributed by atoms with E-state index in [2.05, 4.69) is 0 Å². The van der Waals surface area contributed by atoms with E-state index in [1.54, 1.807) is 0 Å². The van der Waals surface area contributed by atoms with Gasteiger partial charge in [0, 0.05) is 5.56 Å². The molecular formula is C12H13FO4. The van der Waals surface area contributed by atoms with Gasteiger partial charge in [-0.3, -0.25) is 4.79 Å². The van der Waals surface area contributed by atoms with E-state index >= 15 is 0 Å². The third kappa shape index (κ3) is 1.62. The summed E-state index contributed by atoms with van der Waals surface area (Å²) in [6.45, 7) is 0. The molecule has 0 aromatic heterocycles. The van der Waals surface area contributed by atoms with E-state index in [4.69, 9.17) is 0 Å². The molecule has 0 saturated heterocycles. The van der Waals surface area contributed by atoms with Crippen molar-refractivity contribution in [3.63, 3.8) is 0 Å². The van der Waals surface area contributed by atoms with Crippen LogP contribution in [0.3, 0.4) is 0 Å². The fourth-order valence-corrected chi connectivity index (χ4v) is 2.52. The van der Waals surface area contributed by atoms with Crippen LogP contribution in [-0.2, 0) is 10.2 Å². The van der Waals surface area contributed by atoms with Crippen molar-refractivity contribution >= 4 is 5.97 Å². The lowest BCUT2D eigenvalue weighted by Gasteiger charge is -2.25. The molecule has 1 aliphatic carbocycles. The van der Waals surface area contributed by atoms with Crippen LogP contribution in [-0.4, -0.2) is 21.3 Å². The molecule has 3 N–H and O–H groups in total. The summed E-state index contributed by atoms with van der Waals surface area (Å²) in [5.41, 5.74) is -1.10. The first-order valence-electron chi connectivity index (χ1n) is 5.43. The van der Waals surface area contributed by atoms with E-state index < -0.39 is 28.7 Å². The molecule has 1 aromatic carbocycles. The number of phenolic OH excluding ortho intramolecular Hbond substituents is 2. The number of carbonyl (C=O) groups is 1. The van der Waals surface area contributed by atoms with Crippen LogP contribution in [0.5, 0.6) is 11.5 Å². The van der Waals surface area contributed by atoms with E-state index in [1.165, 1.54) is 6.07 Å². The van der Waals surface area contributed by atoms with Crippen LogP contribution >= 0.6 is 0 Å². The van der Waals surface area contributed by atoms with Gasteiger partial charge in [-0.1, -0.05) is 18.9 Å². The number of carboxylic acids is 1. The standard InChI is InChI=1S/C12H13FO4/c13-8-4-3-7(9(14)10(8)15)12(11(16)17)5-1-2-6-12/h3-4,14-15H,1-2,5-6H2,(H,16,17). The van der Waals surface area contributed by atoms with Crippen LogP contribution in [0.4, 0.5) is 4.39 Å². The van der Waals surface area contributed by atoms with E-state index in [-0.39, 0.29) is 5.56 Å². The molecule has 0 unspecified atom stereocenters. The maximum absolute atomic E-state index is 13.0. The highest BCUT2D eigenvalue weighted by atomic mass is 19.1. The molecular weight excluding hydrogens is 227 g/mol. The zero-order valence-electron chi connectivity index (χ0n) is 9.11. The Balaban J connectivity index is 2.59. The molecule has 1 fully saturated rings. The Morgan fingerprint density at radius 3 is 2.29 bits per heavy atom. The average Bonchev–Trinajstić information content (AvgIpc) is 2.76. The molecule has 0 atom stereocenters. The van der Waals surface area contributed by atoms with Crippen LogP contribution in [0.25, 0.3) is 0 Å². The first-order chi connectivity index (χ1) is 7.99. The second-order valence-electron chi connectivity index (χ2n) is 4.39. The largest absolute Gasteiger partial charge is 0.504 e. The van der Waals surface area contributed by atoms with Gasteiger partial charge >= 0.3 is 5.97 Å². The van der Waals surface area contributed by atoms with Crippen LogP contribution in [0.2, 0.25) is 0 Å². The van der Waals surface area contributed by atoms with Crippen LogP contribution in [0.15, 0.2) is 12.1 Å². The fourth-order valence-electron chi connectivity index (χ4n) is 2.52. The molecule has 4 nitrogen and oxygen atoms in total. The minimum Gasteiger partial charge on any atom is -0.504 e. The maximum Gasteiger partial charge on any atom is 0.314 e. The summed E-state index contributed by atoms with van der Waals surface area (Å²) in [7, 11) is 0. The van der Waals surface area contributed by atoms with E-state index in [0.717, 1.165) is 18.9 Å². The maximum atomic E-state index is 13.0. The molecule has 1 aliphatic rings. The fraction of sp³-hybridized carbons (Fsp3) is 0.417. The molecule has 2 rings (SSSR count). The topological polar surface area (TPSA) is 77.8 Å². The van der Waals surface area contributed by atoms with Gasteiger partial charge in [0.25, 0.3) is 0 Å². The summed E-state index contributed by atoms with van der Waals surface area (Å²) in [5, 5.41) is 28.3.